The summed E-state index contributed by atoms with van der Waals surface area (Å²) in [6.45, 7) is 3.55. The third kappa shape index (κ3) is 2.56. The number of carbonyl (C=O) groups is 1. The molecule has 1 amide bonds. The Morgan fingerprint density at radius 1 is 1.78 bits per heavy atom. The van der Waals surface area contributed by atoms with E-state index >= 15 is 0 Å². The number of hydrogen-bond donors (Lipinski definition) is 1. The summed E-state index contributed by atoms with van der Waals surface area (Å²) in [7, 11) is 0. The lowest BCUT2D eigenvalue weighted by atomic mass is 10.4. The van der Waals surface area contributed by atoms with Gasteiger partial charge in [0.1, 0.15) is 0 Å². The van der Waals surface area contributed by atoms with Gasteiger partial charge >= 0.3 is 6.09 Å². The summed E-state index contributed by atoms with van der Waals surface area (Å²) in [6.07, 6.45) is -0.972. The van der Waals surface area contributed by atoms with Crippen molar-refractivity contribution in [3.8, 4) is 0 Å². The van der Waals surface area contributed by atoms with E-state index in [4.69, 9.17) is 16.7 Å². The van der Waals surface area contributed by atoms with E-state index in [1.54, 1.807) is 13.8 Å². The number of alkyl halides is 1. The minimum atomic E-state index is -0.972. The van der Waals surface area contributed by atoms with Crippen LogP contribution in [0.15, 0.2) is 0 Å². The number of carboxylic acid groups (broad SMARTS) is 1. The molecule has 0 aliphatic carbocycles. The molecule has 0 aliphatic heterocycles. The highest BCUT2D eigenvalue weighted by atomic mass is 35.5. The van der Waals surface area contributed by atoms with Crippen molar-refractivity contribution in [3.05, 3.63) is 0 Å². The molecule has 3 nitrogen and oxygen atoms in total. The lowest BCUT2D eigenvalue weighted by Crippen LogP contribution is -2.34. The summed E-state index contributed by atoms with van der Waals surface area (Å²) in [5.74, 6) is 0. The molecule has 0 unspecified atom stereocenters. The van der Waals surface area contributed by atoms with Crippen LogP contribution >= 0.6 is 11.6 Å². The number of amides is 1. The predicted molar refractivity (Wildman–Crippen MR) is 35.7 cm³/mol. The van der Waals surface area contributed by atoms with E-state index in [0.717, 1.165) is 4.90 Å². The third-order valence-corrected chi connectivity index (χ3v) is 1.26. The molecule has 0 saturated carbocycles. The van der Waals surface area contributed by atoms with Crippen molar-refractivity contribution < 1.29 is 9.90 Å². The Kier molecular flexibility index (Phi) is 3.39. The second-order valence-electron chi connectivity index (χ2n) is 1.97. The normalized spacial score (nSPS) is 9.78. The minimum Gasteiger partial charge on any atom is -0.465 e. The van der Waals surface area contributed by atoms with Crippen molar-refractivity contribution in [1.29, 1.82) is 0 Å². The standard InChI is InChI=1S/C5H10ClNO2/c1-4(2)7(3-6)5(8)9/h4H,3H2,1-2H3,(H,8,9). The number of nitrogens with zero attached hydrogens (tertiary/aromatic N) is 1. The van der Waals surface area contributed by atoms with E-state index in [0.29, 0.717) is 0 Å². The van der Waals surface area contributed by atoms with Crippen molar-refractivity contribution >= 4 is 17.7 Å². The lowest BCUT2D eigenvalue weighted by molar-refractivity contribution is 0.141. The van der Waals surface area contributed by atoms with Crippen LogP contribution in [0.1, 0.15) is 13.8 Å². The average Bonchev–Trinajstić information content (AvgIpc) is 1.64. The number of halogens is 1. The van der Waals surface area contributed by atoms with Crippen LogP contribution in [-0.4, -0.2) is 28.1 Å². The van der Waals surface area contributed by atoms with Gasteiger partial charge < -0.3 is 5.11 Å². The number of rotatable bonds is 2. The second-order valence-corrected chi connectivity index (χ2v) is 2.20. The molecule has 4 heteroatoms. The molecule has 1 N–H and O–H groups in total. The third-order valence-electron chi connectivity index (χ3n) is 0.998. The maximum absolute atomic E-state index is 10.2. The fourth-order valence-electron chi connectivity index (χ4n) is 0.410. The van der Waals surface area contributed by atoms with E-state index in [9.17, 15) is 4.79 Å². The van der Waals surface area contributed by atoms with Crippen LogP contribution in [0.4, 0.5) is 4.79 Å². The fourth-order valence-corrected chi connectivity index (χ4v) is 0.788. The van der Waals surface area contributed by atoms with Crippen LogP contribution in [-0.2, 0) is 0 Å². The SMILES string of the molecule is CC(C)N(CCl)C(=O)O. The maximum Gasteiger partial charge on any atom is 0.408 e. The Morgan fingerprint density at radius 3 is 2.22 bits per heavy atom. The highest BCUT2D eigenvalue weighted by molar-refractivity contribution is 6.18. The molecule has 0 spiro atoms. The molecule has 9 heavy (non-hydrogen) atoms. The molecule has 0 aromatic carbocycles. The zero-order valence-electron chi connectivity index (χ0n) is 5.47. The van der Waals surface area contributed by atoms with Crippen molar-refractivity contribution in [1.82, 2.24) is 4.90 Å². The summed E-state index contributed by atoms with van der Waals surface area (Å²) < 4.78 is 0. The first-order chi connectivity index (χ1) is 4.09. The average molecular weight is 152 g/mol. The predicted octanol–water partition coefficient (Wildman–Crippen LogP) is 1.57. The molecule has 0 aliphatic rings. The second kappa shape index (κ2) is 3.56. The van der Waals surface area contributed by atoms with Crippen LogP contribution < -0.4 is 0 Å². The van der Waals surface area contributed by atoms with Gasteiger partial charge in [0.15, 0.2) is 0 Å². The molecule has 0 atom stereocenters. The summed E-state index contributed by atoms with van der Waals surface area (Å²) >= 11 is 5.30. The molecule has 0 aromatic rings. The highest BCUT2D eigenvalue weighted by Crippen LogP contribution is 1.98. The molecule has 0 fully saturated rings. The molecule has 0 aromatic heterocycles. The van der Waals surface area contributed by atoms with E-state index in [2.05, 4.69) is 0 Å². The van der Waals surface area contributed by atoms with E-state index in [1.807, 2.05) is 0 Å². The Morgan fingerprint density at radius 2 is 2.22 bits per heavy atom. The summed E-state index contributed by atoms with van der Waals surface area (Å²) in [5.41, 5.74) is 0. The topological polar surface area (TPSA) is 40.5 Å². The van der Waals surface area contributed by atoms with Gasteiger partial charge in [-0.25, -0.2) is 4.79 Å². The Hall–Kier alpha value is -0.440. The minimum absolute atomic E-state index is 0.0347. The zero-order chi connectivity index (χ0) is 7.44. The van der Waals surface area contributed by atoms with Gasteiger partial charge in [-0.05, 0) is 13.8 Å². The molecule has 54 valence electrons. The van der Waals surface area contributed by atoms with Crippen LogP contribution in [0.2, 0.25) is 0 Å². The van der Waals surface area contributed by atoms with Gasteiger partial charge in [0.2, 0.25) is 0 Å². The van der Waals surface area contributed by atoms with Gasteiger partial charge in [-0.15, -0.1) is 11.6 Å². The lowest BCUT2D eigenvalue weighted by Gasteiger charge is -2.19. The first kappa shape index (κ1) is 8.56. The molecule has 0 rings (SSSR count). The van der Waals surface area contributed by atoms with Gasteiger partial charge in [-0.2, -0.15) is 0 Å². The van der Waals surface area contributed by atoms with Gasteiger partial charge in [0.25, 0.3) is 0 Å². The van der Waals surface area contributed by atoms with Crippen molar-refractivity contribution in [2.75, 3.05) is 6.00 Å². The van der Waals surface area contributed by atoms with Crippen LogP contribution in [0.25, 0.3) is 0 Å². The van der Waals surface area contributed by atoms with Crippen molar-refractivity contribution in [3.63, 3.8) is 0 Å². The van der Waals surface area contributed by atoms with Gasteiger partial charge in [0.05, 0.1) is 6.00 Å². The maximum atomic E-state index is 10.2. The Labute approximate surface area is 59.2 Å². The molecular weight excluding hydrogens is 142 g/mol. The molecule has 0 bridgehead atoms. The van der Waals surface area contributed by atoms with Gasteiger partial charge in [-0.3, -0.25) is 4.90 Å². The van der Waals surface area contributed by atoms with E-state index < -0.39 is 6.09 Å². The van der Waals surface area contributed by atoms with E-state index in [1.165, 1.54) is 0 Å². The first-order valence-electron chi connectivity index (χ1n) is 2.65. The Bertz CT molecular complexity index is 105. The van der Waals surface area contributed by atoms with Crippen molar-refractivity contribution in [2.45, 2.75) is 19.9 Å². The highest BCUT2D eigenvalue weighted by Gasteiger charge is 2.12. The van der Waals surface area contributed by atoms with Crippen LogP contribution in [0.3, 0.4) is 0 Å². The molecule has 0 radical (unpaired) electrons. The van der Waals surface area contributed by atoms with Gasteiger partial charge in [-0.1, -0.05) is 0 Å². The molecule has 0 saturated heterocycles. The summed E-state index contributed by atoms with van der Waals surface area (Å²) in [6, 6.07) is -0.00694. The van der Waals surface area contributed by atoms with Crippen molar-refractivity contribution in [2.24, 2.45) is 0 Å². The van der Waals surface area contributed by atoms with Crippen LogP contribution in [0, 0.1) is 0 Å². The number of hydrogen-bond acceptors (Lipinski definition) is 1. The molecule has 0 heterocycles. The zero-order valence-corrected chi connectivity index (χ0v) is 6.22. The molecular formula is C5H10ClNO2. The Balaban J connectivity index is 3.83. The first-order valence-corrected chi connectivity index (χ1v) is 3.18. The quantitative estimate of drug-likeness (QED) is 0.481. The monoisotopic (exact) mass is 151 g/mol. The smallest absolute Gasteiger partial charge is 0.408 e. The summed E-state index contributed by atoms with van der Waals surface area (Å²) in [4.78, 5) is 11.4. The van der Waals surface area contributed by atoms with E-state index in [-0.39, 0.29) is 12.0 Å². The van der Waals surface area contributed by atoms with Gasteiger partial charge in [0, 0.05) is 6.04 Å². The largest absolute Gasteiger partial charge is 0.465 e. The fraction of sp³-hybridized carbons (Fsp3) is 0.800. The summed E-state index contributed by atoms with van der Waals surface area (Å²) in [5, 5.41) is 8.39. The van der Waals surface area contributed by atoms with Crippen LogP contribution in [0.5, 0.6) is 0 Å².